The molecule has 0 N–H and O–H groups in total. The van der Waals surface area contributed by atoms with E-state index < -0.39 is 0 Å². The number of hydrogen-bond acceptors (Lipinski definition) is 2. The van der Waals surface area contributed by atoms with Crippen LogP contribution in [0.4, 0.5) is 0 Å². The number of hydrogen-bond donors (Lipinski definition) is 0. The molecular formula is C15H18OS. The molecule has 1 aromatic heterocycles. The van der Waals surface area contributed by atoms with E-state index in [9.17, 15) is 0 Å². The molecule has 2 rings (SSSR count). The smallest absolute Gasteiger partial charge is 0.129 e. The zero-order valence-corrected chi connectivity index (χ0v) is 10.8. The van der Waals surface area contributed by atoms with Crippen LogP contribution in [0.1, 0.15) is 24.8 Å². The second kappa shape index (κ2) is 7.13. The van der Waals surface area contributed by atoms with Gasteiger partial charge in [-0.05, 0) is 42.7 Å². The number of unbranched alkanes of at least 4 members (excludes halogenated alkanes) is 2. The van der Waals surface area contributed by atoms with Crippen LogP contribution in [0.15, 0.2) is 47.2 Å². The summed E-state index contributed by atoms with van der Waals surface area (Å²) in [4.78, 5) is 0. The second-order valence-corrected chi connectivity index (χ2v) is 4.88. The molecule has 90 valence electrons. The minimum Gasteiger partial charge on any atom is -0.493 e. The van der Waals surface area contributed by atoms with E-state index >= 15 is 0 Å². The maximum atomic E-state index is 5.61. The summed E-state index contributed by atoms with van der Waals surface area (Å²) in [5.41, 5.74) is 1.44. The Morgan fingerprint density at radius 2 is 1.82 bits per heavy atom. The van der Waals surface area contributed by atoms with Crippen LogP contribution in [0.25, 0.3) is 0 Å². The number of benzene rings is 1. The third-order valence-electron chi connectivity index (χ3n) is 2.72. The van der Waals surface area contributed by atoms with E-state index in [0.717, 1.165) is 18.8 Å². The third kappa shape index (κ3) is 4.61. The van der Waals surface area contributed by atoms with Crippen molar-refractivity contribution >= 4 is 11.3 Å². The molecule has 0 aliphatic rings. The van der Waals surface area contributed by atoms with Gasteiger partial charge in [0, 0.05) is 5.38 Å². The van der Waals surface area contributed by atoms with Crippen molar-refractivity contribution in [2.75, 3.05) is 6.61 Å². The molecule has 0 amide bonds. The highest BCUT2D eigenvalue weighted by Gasteiger charge is 1.95. The van der Waals surface area contributed by atoms with E-state index in [1.165, 1.54) is 24.8 Å². The molecule has 1 nitrogen and oxygen atoms in total. The average molecular weight is 246 g/mol. The lowest BCUT2D eigenvalue weighted by Crippen LogP contribution is -1.96. The van der Waals surface area contributed by atoms with Gasteiger partial charge in [0.25, 0.3) is 0 Å². The Morgan fingerprint density at radius 3 is 2.59 bits per heavy atom. The summed E-state index contributed by atoms with van der Waals surface area (Å²) < 4.78 is 5.61. The summed E-state index contributed by atoms with van der Waals surface area (Å²) in [5, 5.41) is 4.09. The molecule has 0 radical (unpaired) electrons. The van der Waals surface area contributed by atoms with Crippen molar-refractivity contribution in [2.45, 2.75) is 25.7 Å². The van der Waals surface area contributed by atoms with Gasteiger partial charge in [-0.1, -0.05) is 30.3 Å². The summed E-state index contributed by atoms with van der Waals surface area (Å²) in [6.07, 6.45) is 4.80. The quantitative estimate of drug-likeness (QED) is 0.652. The molecule has 0 atom stereocenters. The number of ether oxygens (including phenoxy) is 1. The standard InChI is InChI=1S/C15H18OS/c1-3-7-14(8-4-1)9-5-2-6-11-16-15-10-12-17-13-15/h1,3-4,7-8,10,12-13H,2,5-6,9,11H2. The lowest BCUT2D eigenvalue weighted by Gasteiger charge is -2.04. The van der Waals surface area contributed by atoms with Crippen LogP contribution in [0, 0.1) is 0 Å². The lowest BCUT2D eigenvalue weighted by atomic mass is 10.1. The monoisotopic (exact) mass is 246 g/mol. The highest BCUT2D eigenvalue weighted by molar-refractivity contribution is 7.08. The summed E-state index contributed by atoms with van der Waals surface area (Å²) in [7, 11) is 0. The molecule has 2 heteroatoms. The first kappa shape index (κ1) is 12.2. The summed E-state index contributed by atoms with van der Waals surface area (Å²) >= 11 is 1.68. The van der Waals surface area contributed by atoms with Crippen molar-refractivity contribution in [1.29, 1.82) is 0 Å². The fraction of sp³-hybridized carbons (Fsp3) is 0.333. The van der Waals surface area contributed by atoms with Crippen molar-refractivity contribution < 1.29 is 4.74 Å². The first-order chi connectivity index (χ1) is 8.45. The Hall–Kier alpha value is -1.28. The molecule has 1 heterocycles. The van der Waals surface area contributed by atoms with Gasteiger partial charge in [-0.2, -0.15) is 0 Å². The van der Waals surface area contributed by atoms with Gasteiger partial charge in [0.1, 0.15) is 5.75 Å². The predicted octanol–water partition coefficient (Wildman–Crippen LogP) is 4.54. The molecule has 0 bridgehead atoms. The molecule has 0 fully saturated rings. The van der Waals surface area contributed by atoms with Crippen molar-refractivity contribution in [3.05, 3.63) is 52.7 Å². The SMILES string of the molecule is c1ccc(CCCCCOc2ccsc2)cc1. The molecule has 2 aromatic rings. The van der Waals surface area contributed by atoms with Gasteiger partial charge in [-0.3, -0.25) is 0 Å². The maximum absolute atomic E-state index is 5.61. The normalized spacial score (nSPS) is 10.4. The van der Waals surface area contributed by atoms with Crippen LogP contribution < -0.4 is 4.74 Å². The fourth-order valence-electron chi connectivity index (χ4n) is 1.78. The zero-order chi connectivity index (χ0) is 11.8. The molecule has 0 saturated carbocycles. The van der Waals surface area contributed by atoms with E-state index in [4.69, 9.17) is 4.74 Å². The molecule has 0 saturated heterocycles. The highest BCUT2D eigenvalue weighted by Crippen LogP contribution is 2.15. The van der Waals surface area contributed by atoms with Gasteiger partial charge in [0.15, 0.2) is 0 Å². The Bertz CT molecular complexity index is 394. The first-order valence-corrected chi connectivity index (χ1v) is 7.08. The van der Waals surface area contributed by atoms with Gasteiger partial charge >= 0.3 is 0 Å². The summed E-state index contributed by atoms with van der Waals surface area (Å²) in [6.45, 7) is 0.839. The molecule has 17 heavy (non-hydrogen) atoms. The van der Waals surface area contributed by atoms with Crippen molar-refractivity contribution in [3.8, 4) is 5.75 Å². The van der Waals surface area contributed by atoms with Crippen LogP contribution in [0.5, 0.6) is 5.75 Å². The van der Waals surface area contributed by atoms with Crippen molar-refractivity contribution in [1.82, 2.24) is 0 Å². The second-order valence-electron chi connectivity index (χ2n) is 4.10. The Balaban J connectivity index is 1.52. The molecule has 0 aliphatic heterocycles. The fourth-order valence-corrected chi connectivity index (χ4v) is 2.35. The Morgan fingerprint density at radius 1 is 0.941 bits per heavy atom. The third-order valence-corrected chi connectivity index (χ3v) is 3.38. The molecule has 0 unspecified atom stereocenters. The van der Waals surface area contributed by atoms with E-state index in [0.29, 0.717) is 0 Å². The highest BCUT2D eigenvalue weighted by atomic mass is 32.1. The topological polar surface area (TPSA) is 9.23 Å². The molecular weight excluding hydrogens is 228 g/mol. The largest absolute Gasteiger partial charge is 0.493 e. The minimum atomic E-state index is 0.839. The van der Waals surface area contributed by atoms with Crippen LogP contribution >= 0.6 is 11.3 Å². The summed E-state index contributed by atoms with van der Waals surface area (Å²) in [5.74, 6) is 1.01. The van der Waals surface area contributed by atoms with Crippen LogP contribution in [-0.4, -0.2) is 6.61 Å². The predicted molar refractivity (Wildman–Crippen MR) is 73.8 cm³/mol. The first-order valence-electron chi connectivity index (χ1n) is 6.14. The van der Waals surface area contributed by atoms with Crippen LogP contribution in [-0.2, 0) is 6.42 Å². The van der Waals surface area contributed by atoms with Gasteiger partial charge in [0.05, 0.1) is 6.61 Å². The van der Waals surface area contributed by atoms with E-state index in [1.807, 2.05) is 16.8 Å². The van der Waals surface area contributed by atoms with E-state index in [2.05, 4.69) is 30.3 Å². The van der Waals surface area contributed by atoms with Gasteiger partial charge in [-0.15, -0.1) is 11.3 Å². The molecule has 1 aromatic carbocycles. The lowest BCUT2D eigenvalue weighted by molar-refractivity contribution is 0.306. The minimum absolute atomic E-state index is 0.839. The van der Waals surface area contributed by atoms with Crippen LogP contribution in [0.2, 0.25) is 0 Å². The van der Waals surface area contributed by atoms with Crippen LogP contribution in [0.3, 0.4) is 0 Å². The zero-order valence-electron chi connectivity index (χ0n) is 9.97. The number of thiophene rings is 1. The molecule has 0 aliphatic carbocycles. The average Bonchev–Trinajstić information content (AvgIpc) is 2.88. The number of rotatable bonds is 7. The van der Waals surface area contributed by atoms with Gasteiger partial charge in [-0.25, -0.2) is 0 Å². The molecule has 0 spiro atoms. The van der Waals surface area contributed by atoms with E-state index in [1.54, 1.807) is 11.3 Å². The summed E-state index contributed by atoms with van der Waals surface area (Å²) in [6, 6.07) is 12.7. The van der Waals surface area contributed by atoms with Gasteiger partial charge in [0.2, 0.25) is 0 Å². The van der Waals surface area contributed by atoms with Crippen molar-refractivity contribution in [3.63, 3.8) is 0 Å². The Labute approximate surface area is 107 Å². The Kier molecular flexibility index (Phi) is 5.11. The van der Waals surface area contributed by atoms with Gasteiger partial charge < -0.3 is 4.74 Å². The van der Waals surface area contributed by atoms with Crippen molar-refractivity contribution in [2.24, 2.45) is 0 Å². The number of aryl methyl sites for hydroxylation is 1. The van der Waals surface area contributed by atoms with E-state index in [-0.39, 0.29) is 0 Å². The maximum Gasteiger partial charge on any atom is 0.129 e.